The maximum atomic E-state index is 11.0. The van der Waals surface area contributed by atoms with Crippen molar-refractivity contribution in [3.05, 3.63) is 64.2 Å². The third-order valence-electron chi connectivity index (χ3n) is 3.40. The van der Waals surface area contributed by atoms with E-state index in [1.807, 2.05) is 31.2 Å². The van der Waals surface area contributed by atoms with Crippen LogP contribution in [0.2, 0.25) is 5.02 Å². The molecule has 0 radical (unpaired) electrons. The summed E-state index contributed by atoms with van der Waals surface area (Å²) in [6.07, 6.45) is 0.786. The van der Waals surface area contributed by atoms with Crippen LogP contribution in [0.5, 0.6) is 5.75 Å². The average molecular weight is 334 g/mol. The van der Waals surface area contributed by atoms with E-state index in [1.165, 1.54) is 0 Å². The summed E-state index contributed by atoms with van der Waals surface area (Å²) in [6, 6.07) is 12.6. The largest absolute Gasteiger partial charge is 0.494 e. The Kier molecular flexibility index (Phi) is 6.44. The number of benzene rings is 2. The molecule has 2 aromatic carbocycles. The second-order valence-corrected chi connectivity index (χ2v) is 5.55. The third-order valence-corrected chi connectivity index (χ3v) is 3.63. The molecule has 0 saturated carbocycles. The first-order chi connectivity index (χ1) is 11.1. The highest BCUT2D eigenvalue weighted by molar-refractivity contribution is 6.30. The number of halogens is 1. The summed E-state index contributed by atoms with van der Waals surface area (Å²) in [7, 11) is 0. The molecule has 4 nitrogen and oxygen atoms in total. The molecular weight excluding hydrogens is 314 g/mol. The van der Waals surface area contributed by atoms with Crippen LogP contribution in [0.25, 0.3) is 0 Å². The van der Waals surface area contributed by atoms with Gasteiger partial charge in [0.2, 0.25) is 0 Å². The molecule has 0 aliphatic carbocycles. The van der Waals surface area contributed by atoms with Gasteiger partial charge < -0.3 is 15.2 Å². The lowest BCUT2D eigenvalue weighted by atomic mass is 10.1. The van der Waals surface area contributed by atoms with Gasteiger partial charge >= 0.3 is 5.97 Å². The predicted octanol–water partition coefficient (Wildman–Crippen LogP) is 3.77. The molecular formula is C18H20ClNO3. The molecule has 0 amide bonds. The summed E-state index contributed by atoms with van der Waals surface area (Å²) >= 11 is 6.04. The van der Waals surface area contributed by atoms with E-state index >= 15 is 0 Å². The SMILES string of the molecule is CCOc1ccc(Cl)cc1CCNCc1cccc(C(=O)O)c1. The van der Waals surface area contributed by atoms with E-state index in [0.29, 0.717) is 23.7 Å². The Hall–Kier alpha value is -2.04. The molecule has 0 fully saturated rings. The van der Waals surface area contributed by atoms with Crippen molar-refractivity contribution in [3.8, 4) is 5.75 Å². The highest BCUT2D eigenvalue weighted by Gasteiger charge is 2.05. The second-order valence-electron chi connectivity index (χ2n) is 5.12. The van der Waals surface area contributed by atoms with E-state index in [9.17, 15) is 4.79 Å². The van der Waals surface area contributed by atoms with Gasteiger partial charge in [-0.25, -0.2) is 4.79 Å². The Morgan fingerprint density at radius 2 is 2.09 bits per heavy atom. The minimum atomic E-state index is -0.910. The van der Waals surface area contributed by atoms with E-state index in [1.54, 1.807) is 18.2 Å². The third kappa shape index (κ3) is 5.27. The Morgan fingerprint density at radius 1 is 1.26 bits per heavy atom. The number of hydrogen-bond acceptors (Lipinski definition) is 3. The summed E-state index contributed by atoms with van der Waals surface area (Å²) in [5, 5.41) is 13.0. The zero-order valence-electron chi connectivity index (χ0n) is 13.0. The minimum Gasteiger partial charge on any atom is -0.494 e. The van der Waals surface area contributed by atoms with Crippen LogP contribution < -0.4 is 10.1 Å². The van der Waals surface area contributed by atoms with Gasteiger partial charge in [-0.3, -0.25) is 0 Å². The van der Waals surface area contributed by atoms with Gasteiger partial charge in [0.05, 0.1) is 12.2 Å². The minimum absolute atomic E-state index is 0.303. The smallest absolute Gasteiger partial charge is 0.335 e. The number of rotatable bonds is 8. The summed E-state index contributed by atoms with van der Waals surface area (Å²) < 4.78 is 5.60. The molecule has 2 N–H and O–H groups in total. The Bertz CT molecular complexity index is 673. The van der Waals surface area contributed by atoms with E-state index in [0.717, 1.165) is 29.8 Å². The molecule has 0 atom stereocenters. The quantitative estimate of drug-likeness (QED) is 0.722. The van der Waals surface area contributed by atoms with Gasteiger partial charge in [0.25, 0.3) is 0 Å². The summed E-state index contributed by atoms with van der Waals surface area (Å²) in [6.45, 7) is 3.93. The number of ether oxygens (including phenoxy) is 1. The van der Waals surface area contributed by atoms with Crippen molar-refractivity contribution < 1.29 is 14.6 Å². The van der Waals surface area contributed by atoms with Gasteiger partial charge in [-0.05, 0) is 61.3 Å². The molecule has 2 aromatic rings. The van der Waals surface area contributed by atoms with Crippen LogP contribution in [0.15, 0.2) is 42.5 Å². The second kappa shape index (κ2) is 8.56. The zero-order valence-corrected chi connectivity index (χ0v) is 13.8. The number of carbonyl (C=O) groups is 1. The highest BCUT2D eigenvalue weighted by Crippen LogP contribution is 2.23. The average Bonchev–Trinajstić information content (AvgIpc) is 2.54. The van der Waals surface area contributed by atoms with Gasteiger partial charge in [0, 0.05) is 11.6 Å². The lowest BCUT2D eigenvalue weighted by molar-refractivity contribution is 0.0696. The van der Waals surface area contributed by atoms with Crippen LogP contribution in [-0.2, 0) is 13.0 Å². The van der Waals surface area contributed by atoms with Crippen LogP contribution in [0, 0.1) is 0 Å². The number of aromatic carboxylic acids is 1. The van der Waals surface area contributed by atoms with Crippen molar-refractivity contribution in [1.29, 1.82) is 0 Å². The first kappa shape index (κ1) is 17.3. The molecule has 0 heterocycles. The van der Waals surface area contributed by atoms with Crippen molar-refractivity contribution in [2.24, 2.45) is 0 Å². The molecule has 0 unspecified atom stereocenters. The fourth-order valence-corrected chi connectivity index (χ4v) is 2.50. The summed E-state index contributed by atoms with van der Waals surface area (Å²) in [5.74, 6) is -0.0568. The molecule has 0 saturated heterocycles. The summed E-state index contributed by atoms with van der Waals surface area (Å²) in [5.41, 5.74) is 2.31. The molecule has 5 heteroatoms. The number of carboxylic acid groups (broad SMARTS) is 1. The van der Waals surface area contributed by atoms with E-state index in [2.05, 4.69) is 5.32 Å². The molecule has 0 aromatic heterocycles. The van der Waals surface area contributed by atoms with E-state index in [-0.39, 0.29) is 0 Å². The lowest BCUT2D eigenvalue weighted by Gasteiger charge is -2.11. The van der Waals surface area contributed by atoms with Crippen molar-refractivity contribution in [2.45, 2.75) is 19.9 Å². The van der Waals surface area contributed by atoms with Crippen LogP contribution in [0.4, 0.5) is 0 Å². The molecule has 0 spiro atoms. The maximum absolute atomic E-state index is 11.0. The molecule has 0 aliphatic heterocycles. The Morgan fingerprint density at radius 3 is 2.83 bits per heavy atom. The highest BCUT2D eigenvalue weighted by atomic mass is 35.5. The normalized spacial score (nSPS) is 10.5. The monoisotopic (exact) mass is 333 g/mol. The van der Waals surface area contributed by atoms with Crippen molar-refractivity contribution >= 4 is 17.6 Å². The number of hydrogen-bond donors (Lipinski definition) is 2. The van der Waals surface area contributed by atoms with E-state index < -0.39 is 5.97 Å². The van der Waals surface area contributed by atoms with Crippen LogP contribution in [0.3, 0.4) is 0 Å². The Balaban J connectivity index is 1.89. The Labute approximate surface area is 141 Å². The number of carboxylic acids is 1. The lowest BCUT2D eigenvalue weighted by Crippen LogP contribution is -2.17. The molecule has 23 heavy (non-hydrogen) atoms. The fourth-order valence-electron chi connectivity index (χ4n) is 2.31. The summed E-state index contributed by atoms with van der Waals surface area (Å²) in [4.78, 5) is 11.0. The maximum Gasteiger partial charge on any atom is 0.335 e. The molecule has 122 valence electrons. The first-order valence-electron chi connectivity index (χ1n) is 7.54. The van der Waals surface area contributed by atoms with Gasteiger partial charge in [-0.15, -0.1) is 0 Å². The topological polar surface area (TPSA) is 58.6 Å². The fraction of sp³-hybridized carbons (Fsp3) is 0.278. The van der Waals surface area contributed by atoms with Gasteiger partial charge in [0.1, 0.15) is 5.75 Å². The van der Waals surface area contributed by atoms with Gasteiger partial charge in [0.15, 0.2) is 0 Å². The van der Waals surface area contributed by atoms with Gasteiger partial charge in [-0.1, -0.05) is 23.7 Å². The van der Waals surface area contributed by atoms with Crippen LogP contribution in [0.1, 0.15) is 28.4 Å². The van der Waals surface area contributed by atoms with Crippen LogP contribution >= 0.6 is 11.6 Å². The van der Waals surface area contributed by atoms with Crippen molar-refractivity contribution in [1.82, 2.24) is 5.32 Å². The molecule has 2 rings (SSSR count). The zero-order chi connectivity index (χ0) is 16.7. The van der Waals surface area contributed by atoms with Gasteiger partial charge in [-0.2, -0.15) is 0 Å². The van der Waals surface area contributed by atoms with Crippen LogP contribution in [-0.4, -0.2) is 24.2 Å². The first-order valence-corrected chi connectivity index (χ1v) is 7.92. The van der Waals surface area contributed by atoms with E-state index in [4.69, 9.17) is 21.4 Å². The number of nitrogens with one attached hydrogen (secondary N) is 1. The van der Waals surface area contributed by atoms with Crippen molar-refractivity contribution in [3.63, 3.8) is 0 Å². The van der Waals surface area contributed by atoms with Crippen molar-refractivity contribution in [2.75, 3.05) is 13.2 Å². The molecule has 0 bridgehead atoms. The predicted molar refractivity (Wildman–Crippen MR) is 91.4 cm³/mol. The molecule has 0 aliphatic rings. The standard InChI is InChI=1S/C18H20ClNO3/c1-2-23-17-7-6-16(19)11-14(17)8-9-20-12-13-4-3-5-15(10-13)18(21)22/h3-7,10-11,20H,2,8-9,12H2,1H3,(H,21,22).